The molecule has 0 atom stereocenters. The first-order valence-corrected chi connectivity index (χ1v) is 9.15. The zero-order chi connectivity index (χ0) is 16.9. The minimum Gasteiger partial charge on any atom is -0.338 e. The molecule has 0 unspecified atom stereocenters. The van der Waals surface area contributed by atoms with Gasteiger partial charge in [0.25, 0.3) is 5.91 Å². The summed E-state index contributed by atoms with van der Waals surface area (Å²) in [5, 5.41) is 10.1. The Bertz CT molecular complexity index is 701. The van der Waals surface area contributed by atoms with Gasteiger partial charge in [0.05, 0.1) is 5.75 Å². The van der Waals surface area contributed by atoms with Crippen LogP contribution in [0.5, 0.6) is 0 Å². The number of hydrogen-bond donors (Lipinski definition) is 0. The van der Waals surface area contributed by atoms with Gasteiger partial charge in [-0.1, -0.05) is 42.8 Å². The van der Waals surface area contributed by atoms with Crippen LogP contribution < -0.4 is 4.90 Å². The van der Waals surface area contributed by atoms with Crippen LogP contribution in [0.3, 0.4) is 0 Å². The Hall–Kier alpha value is -2.26. The van der Waals surface area contributed by atoms with Crippen molar-refractivity contribution >= 4 is 29.3 Å². The lowest BCUT2D eigenvalue weighted by Crippen LogP contribution is -2.34. The van der Waals surface area contributed by atoms with Crippen molar-refractivity contribution in [2.75, 3.05) is 23.7 Å². The van der Waals surface area contributed by atoms with Crippen molar-refractivity contribution in [1.82, 2.24) is 4.90 Å². The Morgan fingerprint density at radius 3 is 2.38 bits per heavy atom. The highest BCUT2D eigenvalue weighted by Gasteiger charge is 2.34. The lowest BCUT2D eigenvalue weighted by molar-refractivity contribution is -0.126. The van der Waals surface area contributed by atoms with Crippen LogP contribution in [0.15, 0.2) is 40.9 Å². The fraction of sp³-hybridized carbons (Fsp3) is 0.389. The van der Waals surface area contributed by atoms with Crippen LogP contribution in [0.25, 0.3) is 0 Å². The molecular formula is C18H19N3O2S. The molecule has 0 aliphatic carbocycles. The zero-order valence-electron chi connectivity index (χ0n) is 13.4. The molecule has 2 fully saturated rings. The van der Waals surface area contributed by atoms with Gasteiger partial charge in [-0.05, 0) is 25.0 Å². The molecule has 5 nitrogen and oxygen atoms in total. The molecule has 3 rings (SSSR count). The Balaban J connectivity index is 1.95. The van der Waals surface area contributed by atoms with Crippen molar-refractivity contribution in [3.05, 3.63) is 40.9 Å². The van der Waals surface area contributed by atoms with Crippen LogP contribution in [-0.2, 0) is 9.59 Å². The summed E-state index contributed by atoms with van der Waals surface area (Å²) >= 11 is 1.27. The SMILES string of the molecule is N#C/C(C(=O)N1CCCCCC1)=C1/SCC(=O)N1c1ccccc1. The second-order valence-electron chi connectivity index (χ2n) is 5.85. The second kappa shape index (κ2) is 7.54. The number of likely N-dealkylation sites (tertiary alicyclic amines) is 1. The number of carbonyl (C=O) groups excluding carboxylic acids is 2. The Morgan fingerprint density at radius 1 is 1.08 bits per heavy atom. The predicted molar refractivity (Wildman–Crippen MR) is 94.1 cm³/mol. The minimum atomic E-state index is -0.252. The molecule has 2 saturated heterocycles. The molecule has 1 aromatic rings. The van der Waals surface area contributed by atoms with E-state index in [1.54, 1.807) is 4.90 Å². The average molecular weight is 341 g/mol. The Labute approximate surface area is 145 Å². The highest BCUT2D eigenvalue weighted by Crippen LogP contribution is 2.36. The summed E-state index contributed by atoms with van der Waals surface area (Å²) in [6.45, 7) is 1.36. The van der Waals surface area contributed by atoms with Crippen molar-refractivity contribution in [2.24, 2.45) is 0 Å². The lowest BCUT2D eigenvalue weighted by Gasteiger charge is -2.23. The van der Waals surface area contributed by atoms with Gasteiger partial charge in [0.15, 0.2) is 0 Å². The zero-order valence-corrected chi connectivity index (χ0v) is 14.2. The van der Waals surface area contributed by atoms with Crippen LogP contribution in [0.4, 0.5) is 5.69 Å². The molecule has 6 heteroatoms. The largest absolute Gasteiger partial charge is 0.338 e. The van der Waals surface area contributed by atoms with E-state index in [0.717, 1.165) is 25.7 Å². The molecule has 0 radical (unpaired) electrons. The maximum absolute atomic E-state index is 12.8. The first-order chi connectivity index (χ1) is 11.7. The van der Waals surface area contributed by atoms with Gasteiger partial charge in [-0.2, -0.15) is 5.26 Å². The number of amides is 2. The summed E-state index contributed by atoms with van der Waals surface area (Å²) in [6.07, 6.45) is 4.17. The fourth-order valence-corrected chi connectivity index (χ4v) is 4.02. The van der Waals surface area contributed by atoms with Crippen LogP contribution in [0, 0.1) is 11.3 Å². The number of nitrogens with zero attached hydrogens (tertiary/aromatic N) is 3. The van der Waals surface area contributed by atoms with Crippen molar-refractivity contribution in [2.45, 2.75) is 25.7 Å². The molecule has 24 heavy (non-hydrogen) atoms. The van der Waals surface area contributed by atoms with Gasteiger partial charge in [0.2, 0.25) is 5.91 Å². The van der Waals surface area contributed by atoms with Crippen molar-refractivity contribution in [3.63, 3.8) is 0 Å². The van der Waals surface area contributed by atoms with E-state index in [2.05, 4.69) is 6.07 Å². The first-order valence-electron chi connectivity index (χ1n) is 8.17. The van der Waals surface area contributed by atoms with Crippen molar-refractivity contribution in [1.29, 1.82) is 5.26 Å². The standard InChI is InChI=1S/C18H19N3O2S/c19-12-15(17(23)20-10-6-1-2-7-11-20)18-21(16(22)13-24-18)14-8-4-3-5-9-14/h3-5,8-9H,1-2,6-7,10-11,13H2/b18-15-. The molecule has 1 aromatic carbocycles. The van der Waals surface area contributed by atoms with E-state index in [-0.39, 0.29) is 23.1 Å². The van der Waals surface area contributed by atoms with Crippen molar-refractivity contribution in [3.8, 4) is 6.07 Å². The minimum absolute atomic E-state index is 0.0802. The van der Waals surface area contributed by atoms with E-state index < -0.39 is 0 Å². The van der Waals surface area contributed by atoms with Gasteiger partial charge in [0, 0.05) is 18.8 Å². The van der Waals surface area contributed by atoms with Gasteiger partial charge < -0.3 is 4.90 Å². The number of benzene rings is 1. The molecule has 0 N–H and O–H groups in total. The molecule has 0 saturated carbocycles. The maximum atomic E-state index is 12.8. The number of anilines is 1. The van der Waals surface area contributed by atoms with E-state index in [4.69, 9.17) is 0 Å². The van der Waals surface area contributed by atoms with Gasteiger partial charge in [-0.3, -0.25) is 14.5 Å². The van der Waals surface area contributed by atoms with Crippen LogP contribution in [-0.4, -0.2) is 35.6 Å². The molecule has 2 amide bonds. The molecule has 0 spiro atoms. The highest BCUT2D eigenvalue weighted by molar-refractivity contribution is 8.04. The van der Waals surface area contributed by atoms with Crippen molar-refractivity contribution < 1.29 is 9.59 Å². The predicted octanol–water partition coefficient (Wildman–Crippen LogP) is 2.90. The Kier molecular flexibility index (Phi) is 5.21. The quantitative estimate of drug-likeness (QED) is 0.613. The average Bonchev–Trinajstić information content (AvgIpc) is 2.82. The number of thioether (sulfide) groups is 1. The fourth-order valence-electron chi connectivity index (χ4n) is 3.01. The molecule has 124 valence electrons. The molecule has 2 heterocycles. The lowest BCUT2D eigenvalue weighted by atomic mass is 10.2. The summed E-state index contributed by atoms with van der Waals surface area (Å²) in [5.74, 6) is -0.0990. The summed E-state index contributed by atoms with van der Waals surface area (Å²) < 4.78 is 0. The summed E-state index contributed by atoms with van der Waals surface area (Å²) in [5.41, 5.74) is 0.774. The second-order valence-corrected chi connectivity index (χ2v) is 6.82. The Morgan fingerprint density at radius 2 is 1.75 bits per heavy atom. The normalized spacial score (nSPS) is 20.5. The van der Waals surface area contributed by atoms with Crippen LogP contribution in [0.2, 0.25) is 0 Å². The van der Waals surface area contributed by atoms with Gasteiger partial charge >= 0.3 is 0 Å². The first kappa shape index (κ1) is 16.6. The van der Waals surface area contributed by atoms with E-state index in [1.165, 1.54) is 16.7 Å². The smallest absolute Gasteiger partial charge is 0.267 e. The molecular weight excluding hydrogens is 322 g/mol. The molecule has 0 aromatic heterocycles. The molecule has 2 aliphatic rings. The number of carbonyl (C=O) groups is 2. The van der Waals surface area contributed by atoms with Gasteiger partial charge in [-0.25, -0.2) is 0 Å². The van der Waals surface area contributed by atoms with Crippen LogP contribution >= 0.6 is 11.8 Å². The monoisotopic (exact) mass is 341 g/mol. The van der Waals surface area contributed by atoms with Gasteiger partial charge in [-0.15, -0.1) is 0 Å². The number of rotatable bonds is 2. The third-order valence-corrected chi connectivity index (χ3v) is 5.28. The van der Waals surface area contributed by atoms with E-state index >= 15 is 0 Å². The van der Waals surface area contributed by atoms with E-state index in [1.807, 2.05) is 30.3 Å². The maximum Gasteiger partial charge on any atom is 0.267 e. The molecule has 0 bridgehead atoms. The topological polar surface area (TPSA) is 64.4 Å². The molecule has 2 aliphatic heterocycles. The summed E-state index contributed by atoms with van der Waals surface area (Å²) in [4.78, 5) is 28.4. The van der Waals surface area contributed by atoms with E-state index in [0.29, 0.717) is 23.8 Å². The third kappa shape index (κ3) is 3.31. The highest BCUT2D eigenvalue weighted by atomic mass is 32.2. The summed E-state index contributed by atoms with van der Waals surface area (Å²) in [7, 11) is 0. The van der Waals surface area contributed by atoms with E-state index in [9.17, 15) is 14.9 Å². The van der Waals surface area contributed by atoms with Crippen LogP contribution in [0.1, 0.15) is 25.7 Å². The number of hydrogen-bond acceptors (Lipinski definition) is 4. The third-order valence-electron chi connectivity index (χ3n) is 4.23. The van der Waals surface area contributed by atoms with Gasteiger partial charge in [0.1, 0.15) is 16.7 Å². The number of nitriles is 1. The number of para-hydroxylation sites is 1. The summed E-state index contributed by atoms with van der Waals surface area (Å²) in [6, 6.07) is 11.2.